The van der Waals surface area contributed by atoms with Crippen molar-refractivity contribution in [3.8, 4) is 0 Å². The first-order valence-corrected chi connectivity index (χ1v) is 7.11. The van der Waals surface area contributed by atoms with Gasteiger partial charge >= 0.3 is 0 Å². The van der Waals surface area contributed by atoms with Gasteiger partial charge in [0.2, 0.25) is 0 Å². The van der Waals surface area contributed by atoms with Crippen LogP contribution in [0.3, 0.4) is 0 Å². The van der Waals surface area contributed by atoms with Gasteiger partial charge in [-0.3, -0.25) is 4.18 Å². The van der Waals surface area contributed by atoms with Crippen LogP contribution in [-0.4, -0.2) is 21.3 Å². The maximum absolute atomic E-state index is 10.5. The summed E-state index contributed by atoms with van der Waals surface area (Å²) < 4.78 is 25.6. The molecule has 0 amide bonds. The Morgan fingerprint density at radius 3 is 1.89 bits per heavy atom. The molecule has 2 aromatic rings. The van der Waals surface area contributed by atoms with Crippen LogP contribution in [0.25, 0.3) is 0 Å². The average Bonchev–Trinajstić information content (AvgIpc) is 2.91. The quantitative estimate of drug-likeness (QED) is 0.495. The van der Waals surface area contributed by atoms with Gasteiger partial charge in [-0.05, 0) is 6.42 Å². The van der Waals surface area contributed by atoms with Crippen LogP contribution in [-0.2, 0) is 37.8 Å². The number of rotatable bonds is 4. The minimum absolute atomic E-state index is 0. The normalized spacial score (nSPS) is 10.1. The molecule has 0 unspecified atom stereocenters. The summed E-state index contributed by atoms with van der Waals surface area (Å²) in [5, 5.41) is 0. The molecule has 0 bridgehead atoms. The first-order valence-electron chi connectivity index (χ1n) is 5.29. The van der Waals surface area contributed by atoms with Gasteiger partial charge in [0, 0.05) is 17.1 Å². The third-order valence-electron chi connectivity index (χ3n) is 1.98. The molecule has 106 valence electrons. The maximum atomic E-state index is 10.5. The molecule has 0 heterocycles. The third-order valence-corrected chi connectivity index (χ3v) is 2.57. The minimum Gasteiger partial charge on any atom is -0.748 e. The first-order chi connectivity index (χ1) is 8.08. The van der Waals surface area contributed by atoms with E-state index in [2.05, 4.69) is 4.18 Å². The van der Waals surface area contributed by atoms with Crippen LogP contribution in [0.5, 0.6) is 0 Å². The molecule has 0 saturated carbocycles. The molecule has 0 atom stereocenters. The van der Waals surface area contributed by atoms with Gasteiger partial charge in [-0.1, -0.05) is 0 Å². The van der Waals surface area contributed by atoms with Crippen molar-refractivity contribution in [2.45, 2.75) is 6.42 Å². The number of hydrogen-bond donors (Lipinski definition) is 0. The maximum Gasteiger partial charge on any atom is 0.264 e. The molecule has 5 heteroatoms. The van der Waals surface area contributed by atoms with E-state index in [0.717, 1.165) is 11.8 Å². The van der Waals surface area contributed by atoms with Gasteiger partial charge in [0.1, 0.15) is 0 Å². The van der Waals surface area contributed by atoms with Crippen molar-refractivity contribution in [2.24, 2.45) is 0 Å². The van der Waals surface area contributed by atoms with Crippen LogP contribution >= 0.6 is 0 Å². The monoisotopic (exact) mass is 308 g/mol. The summed E-state index contributed by atoms with van der Waals surface area (Å²) in [4.78, 5) is 0. The largest absolute Gasteiger partial charge is 0.748 e. The molecule has 3 nitrogen and oxygen atoms in total. The fourth-order valence-corrected chi connectivity index (χ4v) is 1.60. The van der Waals surface area contributed by atoms with Crippen molar-refractivity contribution in [1.29, 1.82) is 0 Å². The van der Waals surface area contributed by atoms with Crippen molar-refractivity contribution in [2.75, 3.05) is 12.9 Å². The molecule has 0 saturated heterocycles. The van der Waals surface area contributed by atoms with Crippen LogP contribution in [0, 0.1) is 0 Å². The molecule has 18 heavy (non-hydrogen) atoms. The average molecular weight is 308 g/mol. The van der Waals surface area contributed by atoms with E-state index in [1.165, 1.54) is 0 Å². The Kier molecular flexibility index (Phi) is 8.67. The van der Waals surface area contributed by atoms with Crippen molar-refractivity contribution < 1.29 is 29.7 Å². The van der Waals surface area contributed by atoms with E-state index in [1.54, 1.807) is 0 Å². The van der Waals surface area contributed by atoms with Crippen molar-refractivity contribution >= 4 is 10.1 Å². The van der Waals surface area contributed by atoms with E-state index in [4.69, 9.17) is 0 Å². The standard InChI is InChI=1S/C8H11O3S.C5H5.Fe/c1-12(9,10)11-7-6-8-4-2-3-5-8;1-2-4-5-3-1;/h2-5H,6-7H2,1H3;1-5H;/q-1;-5;. The van der Waals surface area contributed by atoms with Gasteiger partial charge in [0.05, 0.1) is 12.9 Å². The zero-order valence-corrected chi connectivity index (χ0v) is 12.0. The fourth-order valence-electron chi connectivity index (χ4n) is 1.21. The molecule has 0 fully saturated rings. The molecular weight excluding hydrogens is 292 g/mol. The van der Waals surface area contributed by atoms with E-state index in [-0.39, 0.29) is 23.7 Å². The van der Waals surface area contributed by atoms with E-state index in [1.807, 2.05) is 54.6 Å². The van der Waals surface area contributed by atoms with Crippen molar-refractivity contribution in [3.05, 3.63) is 60.2 Å². The predicted molar refractivity (Wildman–Crippen MR) is 68.6 cm³/mol. The molecule has 0 aliphatic carbocycles. The van der Waals surface area contributed by atoms with E-state index in [9.17, 15) is 8.42 Å². The number of hydrogen-bond acceptors (Lipinski definition) is 3. The Hall–Kier alpha value is -0.871. The molecule has 0 aliphatic heterocycles. The SMILES string of the molecule is CS(=O)(=O)OCC[c-]1cccc1.[Fe].[cH-]1[cH-][cH-][cH-][cH-]1. The van der Waals surface area contributed by atoms with Gasteiger partial charge in [-0.15, -0.1) is 0 Å². The topological polar surface area (TPSA) is 43.4 Å². The van der Waals surface area contributed by atoms with Crippen LogP contribution < -0.4 is 0 Å². The van der Waals surface area contributed by atoms with Gasteiger partial charge in [-0.2, -0.15) is 26.1 Å². The van der Waals surface area contributed by atoms with Gasteiger partial charge in [-0.25, -0.2) is 12.1 Å². The van der Waals surface area contributed by atoms with Gasteiger partial charge in [0.25, 0.3) is 10.1 Å². The summed E-state index contributed by atoms with van der Waals surface area (Å²) in [5.74, 6) is 0. The second kappa shape index (κ2) is 9.11. The summed E-state index contributed by atoms with van der Waals surface area (Å²) in [6.45, 7) is 0.225. The smallest absolute Gasteiger partial charge is 0.264 e. The third kappa shape index (κ3) is 9.19. The van der Waals surface area contributed by atoms with E-state index >= 15 is 0 Å². The summed E-state index contributed by atoms with van der Waals surface area (Å²) in [5.41, 5.74) is 1.10. The van der Waals surface area contributed by atoms with Crippen LogP contribution in [0.4, 0.5) is 0 Å². The molecule has 0 radical (unpaired) electrons. The predicted octanol–water partition coefficient (Wildman–Crippen LogP) is 2.33. The van der Waals surface area contributed by atoms with Crippen LogP contribution in [0.2, 0.25) is 0 Å². The summed E-state index contributed by atoms with van der Waals surface area (Å²) in [7, 11) is -3.28. The van der Waals surface area contributed by atoms with Crippen molar-refractivity contribution in [3.63, 3.8) is 0 Å². The Labute approximate surface area is 119 Å². The second-order valence-electron chi connectivity index (χ2n) is 3.53. The molecule has 0 aromatic heterocycles. The van der Waals surface area contributed by atoms with Crippen LogP contribution in [0.1, 0.15) is 5.56 Å². The molecular formula is C13H16FeO3S-6. The summed E-state index contributed by atoms with van der Waals surface area (Å²) >= 11 is 0. The summed E-state index contributed by atoms with van der Waals surface area (Å²) in [6.07, 6.45) is 1.69. The molecule has 2 aromatic carbocycles. The zero-order valence-electron chi connectivity index (χ0n) is 10.1. The fraction of sp³-hybridized carbons (Fsp3) is 0.231. The van der Waals surface area contributed by atoms with Crippen LogP contribution in [0.15, 0.2) is 54.6 Å². The van der Waals surface area contributed by atoms with Crippen molar-refractivity contribution in [1.82, 2.24) is 0 Å². The van der Waals surface area contributed by atoms with Gasteiger partial charge in [0.15, 0.2) is 0 Å². The molecule has 0 spiro atoms. The second-order valence-corrected chi connectivity index (χ2v) is 5.18. The van der Waals surface area contributed by atoms with E-state index < -0.39 is 10.1 Å². The summed E-state index contributed by atoms with van der Waals surface area (Å²) in [6, 6.07) is 17.7. The first kappa shape index (κ1) is 17.1. The molecule has 0 aliphatic rings. The Balaban J connectivity index is 0.000000405. The molecule has 0 N–H and O–H groups in total. The van der Waals surface area contributed by atoms with E-state index in [0.29, 0.717) is 6.42 Å². The Bertz CT molecular complexity index is 455. The zero-order chi connectivity index (χ0) is 12.6. The van der Waals surface area contributed by atoms with Gasteiger partial charge < -0.3 is 30.3 Å². The minimum atomic E-state index is -3.28. The Morgan fingerprint density at radius 2 is 1.50 bits per heavy atom. The Morgan fingerprint density at radius 1 is 1.06 bits per heavy atom. The molecule has 2 rings (SSSR count).